The summed E-state index contributed by atoms with van der Waals surface area (Å²) in [5, 5.41) is 8.49. The number of hydrogen-bond donors (Lipinski definition) is 2. The molecule has 0 fully saturated rings. The Morgan fingerprint density at radius 3 is 1.90 bits per heavy atom. The third-order valence-corrected chi connectivity index (χ3v) is 1.66. The molecule has 3 N–H and O–H groups in total. The average molecular weight is 139 g/mol. The van der Waals surface area contributed by atoms with Crippen molar-refractivity contribution in [2.45, 2.75) is 26.3 Å². The number of nitrogens with two attached hydrogens (primary N) is 1. The summed E-state index contributed by atoms with van der Waals surface area (Å²) >= 11 is 0. The zero-order chi connectivity index (χ0) is 7.65. The van der Waals surface area contributed by atoms with Crippen LogP contribution in [0, 0.1) is 5.92 Å². The second kappa shape index (κ2) is 4.02. The molecule has 1 unspecified atom stereocenters. The summed E-state index contributed by atoms with van der Waals surface area (Å²) in [6.07, 6.45) is 0. The van der Waals surface area contributed by atoms with Crippen LogP contribution in [0.5, 0.6) is 0 Å². The Bertz CT molecular complexity index is 123. The standard InChI is InChI=1S/C6H13NO2.Li.H/c1-4(2)6(3,7)5(8)9;;/h4H,7H2,1-3H3,(H,8,9);;. The Balaban J connectivity index is 0. The van der Waals surface area contributed by atoms with Gasteiger partial charge in [-0.25, -0.2) is 0 Å². The van der Waals surface area contributed by atoms with E-state index in [0.717, 1.165) is 0 Å². The van der Waals surface area contributed by atoms with Crippen molar-refractivity contribution in [1.29, 1.82) is 0 Å². The van der Waals surface area contributed by atoms with Crippen LogP contribution in [0.25, 0.3) is 0 Å². The van der Waals surface area contributed by atoms with Gasteiger partial charge < -0.3 is 10.8 Å². The molecule has 3 nitrogen and oxygen atoms in total. The van der Waals surface area contributed by atoms with Gasteiger partial charge in [0.25, 0.3) is 0 Å². The number of aliphatic carboxylic acids is 1. The van der Waals surface area contributed by atoms with Gasteiger partial charge in [0, 0.05) is 0 Å². The molecule has 0 aliphatic heterocycles. The Kier molecular flexibility index (Phi) is 5.10. The van der Waals surface area contributed by atoms with Crippen molar-refractivity contribution in [2.75, 3.05) is 0 Å². The molecule has 0 aliphatic carbocycles. The van der Waals surface area contributed by atoms with Gasteiger partial charge in [-0.3, -0.25) is 4.79 Å². The van der Waals surface area contributed by atoms with Crippen LogP contribution < -0.4 is 5.73 Å². The molecule has 56 valence electrons. The first-order valence-corrected chi connectivity index (χ1v) is 2.91. The van der Waals surface area contributed by atoms with E-state index in [0.29, 0.717) is 0 Å². The van der Waals surface area contributed by atoms with Crippen molar-refractivity contribution in [3.8, 4) is 0 Å². The van der Waals surface area contributed by atoms with E-state index in [1.165, 1.54) is 6.92 Å². The Morgan fingerprint density at radius 1 is 1.60 bits per heavy atom. The number of carboxylic acid groups (broad SMARTS) is 1. The molecule has 0 rings (SSSR count). The maximum atomic E-state index is 10.3. The first-order chi connectivity index (χ1) is 3.89. The predicted octanol–water partition coefficient (Wildman–Crippen LogP) is -0.204. The molecule has 0 aromatic rings. The minimum absolute atomic E-state index is 0. The number of rotatable bonds is 2. The summed E-state index contributed by atoms with van der Waals surface area (Å²) in [7, 11) is 0. The number of carboxylic acids is 1. The van der Waals surface area contributed by atoms with E-state index >= 15 is 0 Å². The van der Waals surface area contributed by atoms with Crippen LogP contribution in [0.4, 0.5) is 0 Å². The molecule has 0 aromatic heterocycles. The molecule has 0 heterocycles. The molecule has 4 heteroatoms. The molecule has 0 spiro atoms. The third kappa shape index (κ3) is 2.74. The topological polar surface area (TPSA) is 63.3 Å². The molecule has 0 radical (unpaired) electrons. The fourth-order valence-electron chi connectivity index (χ4n) is 0.247. The quantitative estimate of drug-likeness (QED) is 0.520. The fourth-order valence-corrected chi connectivity index (χ4v) is 0.247. The van der Waals surface area contributed by atoms with Crippen molar-refractivity contribution in [3.63, 3.8) is 0 Å². The SMILES string of the molecule is CC(C)C(C)(N)C(=O)O.[LiH]. The zero-order valence-corrected chi connectivity index (χ0v) is 6.01. The minimum atomic E-state index is -1.08. The van der Waals surface area contributed by atoms with Crippen molar-refractivity contribution in [3.05, 3.63) is 0 Å². The van der Waals surface area contributed by atoms with Crippen LogP contribution >= 0.6 is 0 Å². The zero-order valence-electron chi connectivity index (χ0n) is 6.01. The normalized spacial score (nSPS) is 15.7. The van der Waals surface area contributed by atoms with E-state index in [4.69, 9.17) is 10.8 Å². The van der Waals surface area contributed by atoms with E-state index in [9.17, 15) is 4.79 Å². The maximum absolute atomic E-state index is 10.3. The summed E-state index contributed by atoms with van der Waals surface area (Å²) in [5.41, 5.74) is 4.32. The van der Waals surface area contributed by atoms with Gasteiger partial charge in [-0.15, -0.1) is 0 Å². The first kappa shape index (κ1) is 12.7. The van der Waals surface area contributed by atoms with Gasteiger partial charge in [0.15, 0.2) is 0 Å². The molecular formula is C6H14LiNO2. The molecule has 10 heavy (non-hydrogen) atoms. The van der Waals surface area contributed by atoms with Crippen molar-refractivity contribution in [1.82, 2.24) is 0 Å². The van der Waals surface area contributed by atoms with Crippen LogP contribution in [0.3, 0.4) is 0 Å². The molecule has 0 saturated carbocycles. The van der Waals surface area contributed by atoms with E-state index in [-0.39, 0.29) is 24.8 Å². The Morgan fingerprint density at radius 2 is 1.90 bits per heavy atom. The van der Waals surface area contributed by atoms with Crippen LogP contribution in [-0.4, -0.2) is 35.5 Å². The van der Waals surface area contributed by atoms with Crippen LogP contribution in [0.15, 0.2) is 0 Å². The third-order valence-electron chi connectivity index (χ3n) is 1.66. The van der Waals surface area contributed by atoms with Crippen LogP contribution in [0.2, 0.25) is 0 Å². The van der Waals surface area contributed by atoms with Crippen LogP contribution in [0.1, 0.15) is 20.8 Å². The molecule has 0 amide bonds. The molecule has 0 aliphatic rings. The van der Waals surface area contributed by atoms with Gasteiger partial charge in [-0.2, -0.15) is 0 Å². The van der Waals surface area contributed by atoms with Gasteiger partial charge in [0.2, 0.25) is 0 Å². The summed E-state index contributed by atoms with van der Waals surface area (Å²) in [5.74, 6) is -0.979. The van der Waals surface area contributed by atoms with Gasteiger partial charge in [-0.05, 0) is 12.8 Å². The van der Waals surface area contributed by atoms with Gasteiger partial charge in [0.05, 0.1) is 0 Å². The van der Waals surface area contributed by atoms with Crippen molar-refractivity contribution in [2.24, 2.45) is 11.7 Å². The van der Waals surface area contributed by atoms with Gasteiger partial charge in [0.1, 0.15) is 5.54 Å². The number of carbonyl (C=O) groups is 1. The molecule has 0 saturated heterocycles. The molecular weight excluding hydrogens is 125 g/mol. The van der Waals surface area contributed by atoms with Crippen LogP contribution in [-0.2, 0) is 4.79 Å². The van der Waals surface area contributed by atoms with Crippen molar-refractivity contribution < 1.29 is 9.90 Å². The van der Waals surface area contributed by atoms with Crippen molar-refractivity contribution >= 4 is 24.8 Å². The average Bonchev–Trinajstić information content (AvgIpc) is 1.65. The van der Waals surface area contributed by atoms with Gasteiger partial charge >= 0.3 is 24.8 Å². The second-order valence-corrected chi connectivity index (χ2v) is 2.74. The van der Waals surface area contributed by atoms with E-state index in [1.807, 2.05) is 0 Å². The summed E-state index contributed by atoms with van der Waals surface area (Å²) < 4.78 is 0. The predicted molar refractivity (Wildman–Crippen MR) is 42.2 cm³/mol. The van der Waals surface area contributed by atoms with E-state index < -0.39 is 11.5 Å². The van der Waals surface area contributed by atoms with Gasteiger partial charge in [-0.1, -0.05) is 13.8 Å². The summed E-state index contributed by atoms with van der Waals surface area (Å²) in [4.78, 5) is 10.3. The summed E-state index contributed by atoms with van der Waals surface area (Å²) in [6.45, 7) is 5.09. The first-order valence-electron chi connectivity index (χ1n) is 2.91. The Hall–Kier alpha value is 0.0274. The van der Waals surface area contributed by atoms with E-state index in [1.54, 1.807) is 13.8 Å². The second-order valence-electron chi connectivity index (χ2n) is 2.74. The van der Waals surface area contributed by atoms with E-state index in [2.05, 4.69) is 0 Å². The monoisotopic (exact) mass is 139 g/mol. The fraction of sp³-hybridized carbons (Fsp3) is 0.833. The molecule has 0 bridgehead atoms. The number of hydrogen-bond acceptors (Lipinski definition) is 2. The summed E-state index contributed by atoms with van der Waals surface area (Å²) in [6, 6.07) is 0. The molecule has 0 aromatic carbocycles. The molecule has 1 atom stereocenters. The Labute approximate surface area is 73.2 Å².